The second-order valence-corrected chi connectivity index (χ2v) is 5.54. The molecule has 1 heterocycles. The zero-order chi connectivity index (χ0) is 16.8. The summed E-state index contributed by atoms with van der Waals surface area (Å²) in [4.78, 5) is 15.9. The lowest BCUT2D eigenvalue weighted by molar-refractivity contribution is -0.138. The van der Waals surface area contributed by atoms with Crippen LogP contribution in [0.25, 0.3) is 21.2 Å². The summed E-state index contributed by atoms with van der Waals surface area (Å²) < 4.78 is 4.78. The number of benzene rings is 1. The van der Waals surface area contributed by atoms with E-state index in [1.165, 1.54) is 11.3 Å². The zero-order valence-electron chi connectivity index (χ0n) is 12.7. The van der Waals surface area contributed by atoms with Crippen LogP contribution in [0.4, 0.5) is 5.69 Å². The molecule has 23 heavy (non-hydrogen) atoms. The molecule has 0 aliphatic carbocycles. The van der Waals surface area contributed by atoms with Crippen molar-refractivity contribution in [2.24, 2.45) is 0 Å². The Morgan fingerprint density at radius 1 is 1.39 bits per heavy atom. The third-order valence-electron chi connectivity index (χ3n) is 3.07. The van der Waals surface area contributed by atoms with Crippen molar-refractivity contribution in [2.75, 3.05) is 19.0 Å². The number of carbonyl (C=O) groups excluding carboxylic acids is 1. The second-order valence-electron chi connectivity index (χ2n) is 4.49. The first kappa shape index (κ1) is 16.5. The van der Waals surface area contributed by atoms with E-state index in [1.54, 1.807) is 14.0 Å². The third kappa shape index (κ3) is 3.49. The Labute approximate surface area is 137 Å². The maximum atomic E-state index is 11.8. The van der Waals surface area contributed by atoms with E-state index in [0.29, 0.717) is 10.6 Å². The number of ether oxygens (including phenoxy) is 1. The van der Waals surface area contributed by atoms with Gasteiger partial charge in [0.1, 0.15) is 4.88 Å². The van der Waals surface area contributed by atoms with Gasteiger partial charge >= 0.3 is 11.7 Å². The summed E-state index contributed by atoms with van der Waals surface area (Å²) in [6.07, 6.45) is 0. The highest BCUT2D eigenvalue weighted by Gasteiger charge is 2.33. The molecule has 0 saturated carbocycles. The van der Waals surface area contributed by atoms with Gasteiger partial charge in [0.2, 0.25) is 11.2 Å². The molecule has 118 valence electrons. The van der Waals surface area contributed by atoms with Gasteiger partial charge in [-0.3, -0.25) is 0 Å². The summed E-state index contributed by atoms with van der Waals surface area (Å²) in [6.45, 7) is 1.74. The van der Waals surface area contributed by atoms with Gasteiger partial charge in [0.25, 0.3) is 0 Å². The van der Waals surface area contributed by atoms with Crippen molar-refractivity contribution in [1.82, 2.24) is 0 Å². The van der Waals surface area contributed by atoms with Gasteiger partial charge < -0.3 is 15.2 Å². The van der Waals surface area contributed by atoms with Crippen LogP contribution < -0.4 is 5.32 Å². The van der Waals surface area contributed by atoms with Crippen LogP contribution in [0, 0.1) is 5.39 Å². The van der Waals surface area contributed by atoms with E-state index in [2.05, 4.69) is 10.3 Å². The summed E-state index contributed by atoms with van der Waals surface area (Å²) in [5.41, 5.74) is 1.08. The van der Waals surface area contributed by atoms with Crippen molar-refractivity contribution in [3.8, 4) is 10.4 Å². The predicted octanol–water partition coefficient (Wildman–Crippen LogP) is 4.10. The average Bonchev–Trinajstić information content (AvgIpc) is 3.01. The molecule has 0 amide bonds. The van der Waals surface area contributed by atoms with Gasteiger partial charge in [0.05, 0.1) is 12.3 Å². The fourth-order valence-electron chi connectivity index (χ4n) is 1.99. The minimum atomic E-state index is -0.885. The molecule has 2 N–H and O–H groups in total. The molecule has 0 bridgehead atoms. The maximum Gasteiger partial charge on any atom is 0.510 e. The Hall–Kier alpha value is -2.85. The Morgan fingerprint density at radius 2 is 2.09 bits per heavy atom. The monoisotopic (exact) mass is 330 g/mol. The van der Waals surface area contributed by atoms with Gasteiger partial charge in [-0.2, -0.15) is 0 Å². The smallest absolute Gasteiger partial charge is 0.500 e. The van der Waals surface area contributed by atoms with Crippen LogP contribution in [-0.4, -0.2) is 24.7 Å². The number of diazo groups is 1. The Balaban J connectivity index is 2.52. The molecule has 0 atom stereocenters. The molecule has 2 rings (SSSR count). The summed E-state index contributed by atoms with van der Waals surface area (Å²) in [5, 5.41) is 22.3. The van der Waals surface area contributed by atoms with Crippen LogP contribution in [0.2, 0.25) is 0 Å². The molecule has 0 fully saturated rings. The second kappa shape index (κ2) is 7.42. The highest BCUT2D eigenvalue weighted by atomic mass is 32.1. The largest absolute Gasteiger partial charge is 0.510 e. The maximum absolute atomic E-state index is 11.8. The molecule has 1 aromatic carbocycles. The van der Waals surface area contributed by atoms with E-state index < -0.39 is 17.4 Å². The number of nitrogens with one attached hydrogen (secondary N) is 1. The van der Waals surface area contributed by atoms with Crippen LogP contribution >= 0.6 is 11.3 Å². The number of carbonyl (C=O) groups is 1. The summed E-state index contributed by atoms with van der Waals surface area (Å²) in [7, 11) is 1.70. The van der Waals surface area contributed by atoms with Crippen LogP contribution in [0.1, 0.15) is 11.8 Å². The standard InChI is InChI=1S/C16H15N3O3S/c1-3-22-16(21)13(19-17)14(20)15-11(18-2)9-12(23-15)10-7-5-4-6-8-10/h4-9H,3H2,1-2H3,(H-,18,20,21)/p+1. The van der Waals surface area contributed by atoms with Crippen LogP contribution in [-0.2, 0) is 9.53 Å². The topological polar surface area (TPSA) is 86.7 Å². The van der Waals surface area contributed by atoms with Gasteiger partial charge in [0.15, 0.2) is 4.98 Å². The van der Waals surface area contributed by atoms with Crippen molar-refractivity contribution in [3.63, 3.8) is 0 Å². The normalized spacial score (nSPS) is 11.3. The van der Waals surface area contributed by atoms with Crippen molar-refractivity contribution in [3.05, 3.63) is 51.9 Å². The fraction of sp³-hybridized carbons (Fsp3) is 0.188. The third-order valence-corrected chi connectivity index (χ3v) is 4.26. The van der Waals surface area contributed by atoms with Gasteiger partial charge in [-0.1, -0.05) is 30.3 Å². The molecule has 7 heteroatoms. The Kier molecular flexibility index (Phi) is 5.33. The minimum absolute atomic E-state index is 0.115. The van der Waals surface area contributed by atoms with Crippen LogP contribution in [0.3, 0.4) is 0 Å². The van der Waals surface area contributed by atoms with Gasteiger partial charge in [0, 0.05) is 11.9 Å². The lowest BCUT2D eigenvalue weighted by Gasteiger charge is -1.99. The molecule has 0 saturated heterocycles. The van der Waals surface area contributed by atoms with Crippen molar-refractivity contribution >= 4 is 28.8 Å². The predicted molar refractivity (Wildman–Crippen MR) is 90.6 cm³/mol. The molecule has 2 aromatic rings. The summed E-state index contributed by atoms with van der Waals surface area (Å²) >= 11 is 1.28. The molecular formula is C16H16N3O3S+. The quantitative estimate of drug-likeness (QED) is 0.373. The molecule has 0 unspecified atom stereocenters. The van der Waals surface area contributed by atoms with Gasteiger partial charge in [-0.25, -0.2) is 4.79 Å². The zero-order valence-corrected chi connectivity index (χ0v) is 13.6. The lowest BCUT2D eigenvalue weighted by Crippen LogP contribution is -2.07. The Morgan fingerprint density at radius 3 is 2.65 bits per heavy atom. The van der Waals surface area contributed by atoms with E-state index in [1.807, 2.05) is 36.4 Å². The minimum Gasteiger partial charge on any atom is -0.500 e. The van der Waals surface area contributed by atoms with E-state index in [-0.39, 0.29) is 6.61 Å². The average molecular weight is 330 g/mol. The number of hydrogen-bond acceptors (Lipinski definition) is 6. The summed E-state index contributed by atoms with van der Waals surface area (Å²) in [5.74, 6) is -1.31. The molecule has 0 spiro atoms. The number of anilines is 1. The number of rotatable bonds is 5. The fourth-order valence-corrected chi connectivity index (χ4v) is 3.10. The van der Waals surface area contributed by atoms with Gasteiger partial charge in [-0.15, -0.1) is 11.3 Å². The van der Waals surface area contributed by atoms with E-state index in [9.17, 15) is 9.90 Å². The number of hydrogen-bond donors (Lipinski definition) is 2. The SMILES string of the molecule is CCOC(=O)/C([N+]#N)=C(\O)c1sc(-c2ccccc2)cc1NC. The van der Waals surface area contributed by atoms with Crippen molar-refractivity contribution in [1.29, 1.82) is 5.39 Å². The van der Waals surface area contributed by atoms with E-state index in [4.69, 9.17) is 10.1 Å². The van der Waals surface area contributed by atoms with Gasteiger partial charge in [-0.05, 0) is 18.6 Å². The van der Waals surface area contributed by atoms with Crippen molar-refractivity contribution in [2.45, 2.75) is 6.92 Å². The lowest BCUT2D eigenvalue weighted by atomic mass is 10.2. The summed E-state index contributed by atoms with van der Waals surface area (Å²) in [6, 6.07) is 11.5. The molecule has 0 aliphatic rings. The number of aliphatic hydroxyl groups excluding tert-OH is 1. The first-order valence-corrected chi connectivity index (χ1v) is 7.76. The number of nitrogens with zero attached hydrogens (tertiary/aromatic N) is 2. The molecule has 6 nitrogen and oxygen atoms in total. The number of aliphatic hydroxyl groups is 1. The molecule has 0 radical (unpaired) electrons. The first-order chi connectivity index (χ1) is 11.1. The van der Waals surface area contributed by atoms with Crippen LogP contribution in [0.15, 0.2) is 42.1 Å². The first-order valence-electron chi connectivity index (χ1n) is 6.95. The van der Waals surface area contributed by atoms with Crippen molar-refractivity contribution < 1.29 is 14.6 Å². The van der Waals surface area contributed by atoms with E-state index >= 15 is 0 Å². The highest BCUT2D eigenvalue weighted by molar-refractivity contribution is 7.17. The van der Waals surface area contributed by atoms with Crippen LogP contribution in [0.5, 0.6) is 0 Å². The van der Waals surface area contributed by atoms with E-state index in [0.717, 1.165) is 10.4 Å². The molecule has 0 aliphatic heterocycles. The Bertz CT molecular complexity index is 776. The molecule has 1 aromatic heterocycles. The number of thiophene rings is 1. The molecular weight excluding hydrogens is 314 g/mol. The highest BCUT2D eigenvalue weighted by Crippen LogP contribution is 2.39. The number of esters is 1.